The minimum absolute atomic E-state index is 0.191. The summed E-state index contributed by atoms with van der Waals surface area (Å²) in [6.07, 6.45) is 0.191. The number of hydrogen-bond acceptors (Lipinski definition) is 3. The van der Waals surface area contributed by atoms with E-state index in [0.717, 1.165) is 0 Å². The highest BCUT2D eigenvalue weighted by Gasteiger charge is 2.20. The number of nitrogens with two attached hydrogens (primary N) is 1. The first-order chi connectivity index (χ1) is 11.5. The van der Waals surface area contributed by atoms with Gasteiger partial charge in [0.25, 0.3) is 5.91 Å². The van der Waals surface area contributed by atoms with Crippen LogP contribution >= 0.6 is 11.6 Å². The van der Waals surface area contributed by atoms with E-state index in [2.05, 4.69) is 5.32 Å². The van der Waals surface area contributed by atoms with E-state index >= 15 is 0 Å². The van der Waals surface area contributed by atoms with Gasteiger partial charge in [-0.25, -0.2) is 0 Å². The molecule has 0 saturated heterocycles. The van der Waals surface area contributed by atoms with Gasteiger partial charge in [-0.2, -0.15) is 0 Å². The second kappa shape index (κ2) is 8.61. The van der Waals surface area contributed by atoms with E-state index in [0.29, 0.717) is 15.5 Å². The van der Waals surface area contributed by atoms with Crippen molar-refractivity contribution < 1.29 is 13.8 Å². The molecule has 7 heteroatoms. The third-order valence-electron chi connectivity index (χ3n) is 3.35. The Balaban J connectivity index is 1.97. The first kappa shape index (κ1) is 18.2. The van der Waals surface area contributed by atoms with Crippen LogP contribution in [0.5, 0.6) is 0 Å². The zero-order valence-corrected chi connectivity index (χ0v) is 14.3. The van der Waals surface area contributed by atoms with Gasteiger partial charge < -0.3 is 11.1 Å². The number of amides is 2. The predicted octanol–water partition coefficient (Wildman–Crippen LogP) is 2.12. The molecule has 2 rings (SSSR count). The Morgan fingerprint density at radius 3 is 2.29 bits per heavy atom. The largest absolute Gasteiger partial charge is 0.368 e. The van der Waals surface area contributed by atoms with E-state index in [1.165, 1.54) is 0 Å². The molecule has 0 bridgehead atoms. The van der Waals surface area contributed by atoms with E-state index in [9.17, 15) is 13.8 Å². The van der Waals surface area contributed by atoms with Crippen LogP contribution < -0.4 is 11.1 Å². The number of nitrogens with one attached hydrogen (secondary N) is 1. The highest BCUT2D eigenvalue weighted by molar-refractivity contribution is 7.85. The van der Waals surface area contributed by atoms with Gasteiger partial charge in [-0.3, -0.25) is 13.8 Å². The lowest BCUT2D eigenvalue weighted by Gasteiger charge is -2.15. The van der Waals surface area contributed by atoms with Gasteiger partial charge in [-0.1, -0.05) is 29.8 Å². The highest BCUT2D eigenvalue weighted by atomic mass is 35.5. The smallest absolute Gasteiger partial charge is 0.251 e. The maximum atomic E-state index is 12.2. The van der Waals surface area contributed by atoms with Crippen molar-refractivity contribution in [2.75, 3.05) is 5.75 Å². The molecule has 0 aromatic heterocycles. The molecule has 0 radical (unpaired) electrons. The van der Waals surface area contributed by atoms with Crippen molar-refractivity contribution in [1.82, 2.24) is 5.32 Å². The second-order valence-electron chi connectivity index (χ2n) is 5.09. The fourth-order valence-electron chi connectivity index (χ4n) is 2.04. The number of rotatable bonds is 7. The molecule has 0 spiro atoms. The summed E-state index contributed by atoms with van der Waals surface area (Å²) in [7, 11) is -1.26. The van der Waals surface area contributed by atoms with Crippen LogP contribution in [0.4, 0.5) is 0 Å². The molecule has 0 aliphatic rings. The van der Waals surface area contributed by atoms with Crippen LogP contribution in [0.2, 0.25) is 5.02 Å². The highest BCUT2D eigenvalue weighted by Crippen LogP contribution is 2.11. The molecule has 24 heavy (non-hydrogen) atoms. The summed E-state index contributed by atoms with van der Waals surface area (Å²) in [4.78, 5) is 24.4. The predicted molar refractivity (Wildman–Crippen MR) is 94.2 cm³/mol. The molecule has 2 aromatic rings. The van der Waals surface area contributed by atoms with Gasteiger partial charge in [0, 0.05) is 21.2 Å². The third-order valence-corrected chi connectivity index (χ3v) is 5.01. The number of hydrogen-bond donors (Lipinski definition) is 2. The van der Waals surface area contributed by atoms with E-state index in [4.69, 9.17) is 17.3 Å². The monoisotopic (exact) mass is 364 g/mol. The number of benzene rings is 2. The summed E-state index contributed by atoms with van der Waals surface area (Å²) in [5, 5.41) is 3.08. The number of halogens is 1. The molecule has 5 nitrogen and oxygen atoms in total. The van der Waals surface area contributed by atoms with Crippen LogP contribution in [0.1, 0.15) is 16.8 Å². The lowest BCUT2D eigenvalue weighted by Crippen LogP contribution is -2.45. The molecule has 2 amide bonds. The van der Waals surface area contributed by atoms with Crippen molar-refractivity contribution in [1.29, 1.82) is 0 Å². The molecular formula is C17H17ClN2O3S. The first-order valence-corrected chi connectivity index (χ1v) is 8.96. The molecule has 0 saturated carbocycles. The average Bonchev–Trinajstić information content (AvgIpc) is 2.59. The number of carbonyl (C=O) groups is 2. The normalized spacial score (nSPS) is 13.0. The van der Waals surface area contributed by atoms with Crippen molar-refractivity contribution in [2.24, 2.45) is 5.73 Å². The molecular weight excluding hydrogens is 348 g/mol. The summed E-state index contributed by atoms with van der Waals surface area (Å²) >= 11 is 5.78. The Hall–Kier alpha value is -2.18. The summed E-state index contributed by atoms with van der Waals surface area (Å²) in [6, 6.07) is 14.3. The lowest BCUT2D eigenvalue weighted by atomic mass is 10.1. The zero-order valence-electron chi connectivity index (χ0n) is 12.8. The van der Waals surface area contributed by atoms with Crippen molar-refractivity contribution in [2.45, 2.75) is 17.4 Å². The number of carbonyl (C=O) groups excluding carboxylic acids is 2. The van der Waals surface area contributed by atoms with Crippen molar-refractivity contribution in [3.05, 3.63) is 65.2 Å². The fraction of sp³-hybridized carbons (Fsp3) is 0.176. The maximum Gasteiger partial charge on any atom is 0.251 e. The van der Waals surface area contributed by atoms with Gasteiger partial charge in [0.15, 0.2) is 0 Å². The van der Waals surface area contributed by atoms with Crippen molar-refractivity contribution in [3.63, 3.8) is 0 Å². The molecule has 2 aromatic carbocycles. The summed E-state index contributed by atoms with van der Waals surface area (Å²) < 4.78 is 12.2. The third kappa shape index (κ3) is 5.18. The Bertz CT molecular complexity index is 735. The molecule has 0 aliphatic carbocycles. The van der Waals surface area contributed by atoms with Crippen molar-refractivity contribution in [3.8, 4) is 0 Å². The Labute approximate surface area is 147 Å². The molecule has 3 N–H and O–H groups in total. The van der Waals surface area contributed by atoms with Gasteiger partial charge in [-0.05, 0) is 42.8 Å². The minimum Gasteiger partial charge on any atom is -0.368 e. The average molecular weight is 365 g/mol. The maximum absolute atomic E-state index is 12.2. The first-order valence-electron chi connectivity index (χ1n) is 7.26. The number of primary amides is 1. The van der Waals surface area contributed by atoms with E-state index < -0.39 is 28.7 Å². The van der Waals surface area contributed by atoms with Crippen LogP contribution in [-0.2, 0) is 15.6 Å². The van der Waals surface area contributed by atoms with Crippen LogP contribution in [0.25, 0.3) is 0 Å². The standard InChI is InChI=1S/C17H17ClN2O3S/c18-13-8-6-12(7-9-13)17(22)20-15(16(19)21)10-11-24(23)14-4-2-1-3-5-14/h1-9,15H,10-11H2,(H2,19,21)(H,20,22)/t15-,24+/m0/s1. The topological polar surface area (TPSA) is 89.3 Å². The molecule has 0 aliphatic heterocycles. The Kier molecular flexibility index (Phi) is 6.52. The molecule has 2 atom stereocenters. The minimum atomic E-state index is -1.26. The van der Waals surface area contributed by atoms with E-state index in [-0.39, 0.29) is 12.2 Å². The molecule has 0 fully saturated rings. The van der Waals surface area contributed by atoms with Gasteiger partial charge in [-0.15, -0.1) is 0 Å². The molecule has 0 unspecified atom stereocenters. The Morgan fingerprint density at radius 1 is 1.08 bits per heavy atom. The van der Waals surface area contributed by atoms with E-state index in [1.807, 2.05) is 6.07 Å². The van der Waals surface area contributed by atoms with Crippen LogP contribution in [0.3, 0.4) is 0 Å². The van der Waals surface area contributed by atoms with Gasteiger partial charge in [0.2, 0.25) is 5.91 Å². The summed E-state index contributed by atoms with van der Waals surface area (Å²) in [6.45, 7) is 0. The SMILES string of the molecule is NC(=O)[C@H](CC[S@@](=O)c1ccccc1)NC(=O)c1ccc(Cl)cc1. The van der Waals surface area contributed by atoms with Crippen LogP contribution in [0.15, 0.2) is 59.5 Å². The Morgan fingerprint density at radius 2 is 1.71 bits per heavy atom. The zero-order chi connectivity index (χ0) is 17.5. The van der Waals surface area contributed by atoms with Gasteiger partial charge in [0.05, 0.1) is 10.8 Å². The summed E-state index contributed by atoms with van der Waals surface area (Å²) in [5.41, 5.74) is 5.71. The molecule has 126 valence electrons. The van der Waals surface area contributed by atoms with Crippen LogP contribution in [-0.4, -0.2) is 27.8 Å². The van der Waals surface area contributed by atoms with Gasteiger partial charge >= 0.3 is 0 Å². The second-order valence-corrected chi connectivity index (χ2v) is 7.09. The summed E-state index contributed by atoms with van der Waals surface area (Å²) in [5.74, 6) is -0.873. The van der Waals surface area contributed by atoms with Crippen LogP contribution in [0, 0.1) is 0 Å². The lowest BCUT2D eigenvalue weighted by molar-refractivity contribution is -0.119. The van der Waals surface area contributed by atoms with Crippen molar-refractivity contribution >= 4 is 34.2 Å². The fourth-order valence-corrected chi connectivity index (χ4v) is 3.32. The van der Waals surface area contributed by atoms with Gasteiger partial charge in [0.1, 0.15) is 6.04 Å². The molecule has 0 heterocycles. The van der Waals surface area contributed by atoms with E-state index in [1.54, 1.807) is 48.5 Å². The quantitative estimate of drug-likeness (QED) is 0.788.